The van der Waals surface area contributed by atoms with E-state index in [2.05, 4.69) is 18.8 Å². The number of piperidine rings is 1. The average Bonchev–Trinajstić information content (AvgIpc) is 2.84. The molecule has 1 aromatic carbocycles. The summed E-state index contributed by atoms with van der Waals surface area (Å²) in [5, 5.41) is 0. The molecule has 0 bridgehead atoms. The highest BCUT2D eigenvalue weighted by Crippen LogP contribution is 2.41. The van der Waals surface area contributed by atoms with Gasteiger partial charge in [0.1, 0.15) is 0 Å². The van der Waals surface area contributed by atoms with Crippen molar-refractivity contribution in [1.82, 2.24) is 4.31 Å². The van der Waals surface area contributed by atoms with E-state index in [1.807, 2.05) is 6.92 Å². The minimum Gasteiger partial charge on any atom is -0.466 e. The molecule has 3 rings (SSSR count). The maximum absolute atomic E-state index is 13.1. The number of hydrogen-bond donors (Lipinski definition) is 0. The molecule has 0 atom stereocenters. The second-order valence-corrected chi connectivity index (χ2v) is 9.37. The number of hydrogen-bond acceptors (Lipinski definition) is 5. The van der Waals surface area contributed by atoms with Crippen molar-refractivity contribution in [2.75, 3.05) is 19.7 Å². The van der Waals surface area contributed by atoms with E-state index in [0.29, 0.717) is 37.4 Å². The Balaban J connectivity index is 1.79. The highest BCUT2D eigenvalue weighted by atomic mass is 32.2. The number of sulfonamides is 1. The lowest BCUT2D eigenvalue weighted by atomic mass is 9.82. The Morgan fingerprint density at radius 3 is 2.58 bits per heavy atom. The van der Waals surface area contributed by atoms with Crippen molar-refractivity contribution in [1.29, 1.82) is 0 Å². The van der Waals surface area contributed by atoms with E-state index in [-0.39, 0.29) is 17.3 Å². The minimum atomic E-state index is -3.58. The fourth-order valence-electron chi connectivity index (χ4n) is 3.53. The van der Waals surface area contributed by atoms with Gasteiger partial charge in [0.15, 0.2) is 0 Å². The quantitative estimate of drug-likeness (QED) is 0.755. The van der Waals surface area contributed by atoms with Gasteiger partial charge < -0.3 is 4.74 Å². The fraction of sp³-hybridized carbons (Fsp3) is 0.579. The lowest BCUT2D eigenvalue weighted by Gasteiger charge is -2.30. The molecule has 0 unspecified atom stereocenters. The van der Waals surface area contributed by atoms with E-state index in [4.69, 9.17) is 4.74 Å². The van der Waals surface area contributed by atoms with Crippen LogP contribution in [0, 0.1) is 5.92 Å². The number of carbonyl (C=O) groups is 1. The summed E-state index contributed by atoms with van der Waals surface area (Å²) >= 11 is 0. The number of aliphatic imine (C=N–C) groups is 1. The maximum Gasteiger partial charge on any atom is 0.309 e. The molecule has 0 amide bonds. The van der Waals surface area contributed by atoms with Gasteiger partial charge in [-0.25, -0.2) is 8.42 Å². The number of fused-ring (bicyclic) bond motifs is 1. The van der Waals surface area contributed by atoms with Gasteiger partial charge in [-0.15, -0.1) is 0 Å². The van der Waals surface area contributed by atoms with E-state index in [1.54, 1.807) is 25.1 Å². The molecule has 2 aliphatic rings. The van der Waals surface area contributed by atoms with E-state index < -0.39 is 10.0 Å². The van der Waals surface area contributed by atoms with Crippen molar-refractivity contribution >= 4 is 27.4 Å². The van der Waals surface area contributed by atoms with Crippen molar-refractivity contribution in [2.45, 2.75) is 50.8 Å². The smallest absolute Gasteiger partial charge is 0.309 e. The Morgan fingerprint density at radius 2 is 1.96 bits per heavy atom. The topological polar surface area (TPSA) is 76.0 Å². The molecule has 142 valence electrons. The summed E-state index contributed by atoms with van der Waals surface area (Å²) in [5.74, 6) is -0.437. The minimum absolute atomic E-state index is 0.212. The lowest BCUT2D eigenvalue weighted by molar-refractivity contribution is -0.149. The molecule has 0 spiro atoms. The van der Waals surface area contributed by atoms with Crippen molar-refractivity contribution < 1.29 is 17.9 Å². The van der Waals surface area contributed by atoms with Crippen molar-refractivity contribution in [2.24, 2.45) is 10.9 Å². The van der Waals surface area contributed by atoms with Crippen LogP contribution < -0.4 is 0 Å². The third kappa shape index (κ3) is 3.18. The predicted molar refractivity (Wildman–Crippen MR) is 100 cm³/mol. The maximum atomic E-state index is 13.1. The van der Waals surface area contributed by atoms with Crippen LogP contribution in [0.2, 0.25) is 0 Å². The molecule has 1 saturated heterocycles. The Kier molecular flexibility index (Phi) is 4.96. The van der Waals surface area contributed by atoms with Crippen LogP contribution in [0.1, 0.15) is 46.1 Å². The number of nitrogens with zero attached hydrogens (tertiary/aromatic N) is 2. The highest BCUT2D eigenvalue weighted by Gasteiger charge is 2.36. The van der Waals surface area contributed by atoms with Gasteiger partial charge in [-0.05, 0) is 50.5 Å². The molecule has 2 aliphatic heterocycles. The standard InChI is InChI=1S/C19H26N2O4S/c1-5-25-18(22)14-8-10-21(11-9-14)26(23,24)15-6-7-17-16(12-15)19(3,4)13(2)20-17/h6-7,12,14H,5,8-11H2,1-4H3. The molecule has 6 nitrogen and oxygen atoms in total. The molecule has 0 aromatic heterocycles. The second kappa shape index (κ2) is 6.78. The molecule has 1 aromatic rings. The zero-order chi connectivity index (χ0) is 19.1. The van der Waals surface area contributed by atoms with Crippen LogP contribution in [-0.4, -0.2) is 44.1 Å². The summed E-state index contributed by atoms with van der Waals surface area (Å²) in [6.45, 7) is 8.87. The average molecular weight is 378 g/mol. The van der Waals surface area contributed by atoms with Crippen molar-refractivity contribution in [3.63, 3.8) is 0 Å². The van der Waals surface area contributed by atoms with Crippen molar-refractivity contribution in [3.05, 3.63) is 23.8 Å². The van der Waals surface area contributed by atoms with Crippen molar-refractivity contribution in [3.8, 4) is 0 Å². The molecule has 26 heavy (non-hydrogen) atoms. The zero-order valence-electron chi connectivity index (χ0n) is 15.8. The summed E-state index contributed by atoms with van der Waals surface area (Å²) in [7, 11) is -3.58. The SMILES string of the molecule is CCOC(=O)C1CCN(S(=O)(=O)c2ccc3c(c2)C(C)(C)C(C)=N3)CC1. The van der Waals surface area contributed by atoms with Gasteiger partial charge in [-0.2, -0.15) is 4.31 Å². The number of esters is 1. The first-order valence-corrected chi connectivity index (χ1v) is 10.5. The summed E-state index contributed by atoms with van der Waals surface area (Å²) in [6.07, 6.45) is 0.993. The van der Waals surface area contributed by atoms with Crippen LogP contribution >= 0.6 is 0 Å². The predicted octanol–water partition coefficient (Wildman–Crippen LogP) is 3.03. The molecule has 0 saturated carbocycles. The van der Waals surface area contributed by atoms with Crippen LogP contribution in [0.25, 0.3) is 0 Å². The van der Waals surface area contributed by atoms with E-state index in [0.717, 1.165) is 17.0 Å². The third-order valence-corrected chi connectivity index (χ3v) is 7.44. The Bertz CT molecular complexity index is 850. The lowest BCUT2D eigenvalue weighted by Crippen LogP contribution is -2.40. The van der Waals surface area contributed by atoms with Crippen LogP contribution in [0.15, 0.2) is 28.1 Å². The first-order valence-electron chi connectivity index (χ1n) is 9.05. The normalized spacial score (nSPS) is 20.5. The Hall–Kier alpha value is -1.73. The molecular formula is C19H26N2O4S. The Labute approximate surface area is 155 Å². The summed E-state index contributed by atoms with van der Waals surface area (Å²) in [6, 6.07) is 5.16. The van der Waals surface area contributed by atoms with E-state index >= 15 is 0 Å². The molecule has 0 N–H and O–H groups in total. The van der Waals surface area contributed by atoms with E-state index in [1.165, 1.54) is 4.31 Å². The number of carbonyl (C=O) groups excluding carboxylic acids is 1. The van der Waals surface area contributed by atoms with Crippen LogP contribution in [0.4, 0.5) is 5.69 Å². The second-order valence-electron chi connectivity index (χ2n) is 7.43. The van der Waals surface area contributed by atoms with Gasteiger partial charge in [0, 0.05) is 24.2 Å². The first-order chi connectivity index (χ1) is 12.2. The van der Waals surface area contributed by atoms with Gasteiger partial charge in [-0.1, -0.05) is 13.8 Å². The van der Waals surface area contributed by atoms with Crippen LogP contribution in [0.3, 0.4) is 0 Å². The molecule has 0 aliphatic carbocycles. The van der Waals surface area contributed by atoms with Gasteiger partial charge in [0.2, 0.25) is 10.0 Å². The molecule has 0 radical (unpaired) electrons. The summed E-state index contributed by atoms with van der Waals surface area (Å²) in [5.41, 5.74) is 2.50. The number of benzene rings is 1. The molecular weight excluding hydrogens is 352 g/mol. The fourth-order valence-corrected chi connectivity index (χ4v) is 5.03. The zero-order valence-corrected chi connectivity index (χ0v) is 16.6. The molecule has 1 fully saturated rings. The van der Waals surface area contributed by atoms with Crippen LogP contribution in [-0.2, 0) is 25.0 Å². The summed E-state index contributed by atoms with van der Waals surface area (Å²) in [4.78, 5) is 16.7. The number of rotatable bonds is 4. The van der Waals surface area contributed by atoms with Crippen LogP contribution in [0.5, 0.6) is 0 Å². The van der Waals surface area contributed by atoms with E-state index in [9.17, 15) is 13.2 Å². The molecule has 7 heteroatoms. The third-order valence-electron chi connectivity index (χ3n) is 5.55. The summed E-state index contributed by atoms with van der Waals surface area (Å²) < 4.78 is 32.6. The monoisotopic (exact) mass is 378 g/mol. The largest absolute Gasteiger partial charge is 0.466 e. The Morgan fingerprint density at radius 1 is 1.31 bits per heavy atom. The van der Waals surface area contributed by atoms with Gasteiger partial charge in [0.25, 0.3) is 0 Å². The first kappa shape index (κ1) is 19.0. The molecule has 2 heterocycles. The van der Waals surface area contributed by atoms with Gasteiger partial charge in [0.05, 0.1) is 23.1 Å². The number of ether oxygens (including phenoxy) is 1. The highest BCUT2D eigenvalue weighted by molar-refractivity contribution is 7.89. The van der Waals surface area contributed by atoms with Gasteiger partial charge >= 0.3 is 5.97 Å². The van der Waals surface area contributed by atoms with Gasteiger partial charge in [-0.3, -0.25) is 9.79 Å².